The number of β-amino-alcohol motifs (C(OH)–C–C–N with tert-alkyl or cyclic N) is 1. The van der Waals surface area contributed by atoms with E-state index in [0.29, 0.717) is 24.6 Å². The van der Waals surface area contributed by atoms with Gasteiger partial charge in [0.05, 0.1) is 18.5 Å². The molecule has 2 aromatic heterocycles. The van der Waals surface area contributed by atoms with Crippen LogP contribution < -0.4 is 4.90 Å². The van der Waals surface area contributed by atoms with Crippen molar-refractivity contribution in [2.24, 2.45) is 5.92 Å². The second kappa shape index (κ2) is 8.00. The predicted molar refractivity (Wildman–Crippen MR) is 101 cm³/mol. The fraction of sp³-hybridized carbons (Fsp3) is 0.500. The summed E-state index contributed by atoms with van der Waals surface area (Å²) in [6.07, 6.45) is 8.53. The van der Waals surface area contributed by atoms with Crippen LogP contribution in [-0.2, 0) is 6.42 Å². The van der Waals surface area contributed by atoms with Crippen molar-refractivity contribution in [3.05, 3.63) is 48.2 Å². The number of rotatable bonds is 4. The van der Waals surface area contributed by atoms with Crippen LogP contribution in [-0.4, -0.2) is 63.1 Å². The minimum atomic E-state index is -0.449. The first-order valence-electron chi connectivity index (χ1n) is 9.65. The van der Waals surface area contributed by atoms with Crippen LogP contribution in [0.2, 0.25) is 0 Å². The Morgan fingerprint density at radius 1 is 1.15 bits per heavy atom. The summed E-state index contributed by atoms with van der Waals surface area (Å²) in [6.45, 7) is 2.75. The molecule has 7 heteroatoms. The third kappa shape index (κ3) is 4.08. The third-order valence-electron chi connectivity index (χ3n) is 5.41. The van der Waals surface area contributed by atoms with Gasteiger partial charge in [-0.3, -0.25) is 14.8 Å². The summed E-state index contributed by atoms with van der Waals surface area (Å²) < 4.78 is 0. The monoisotopic (exact) mass is 367 g/mol. The van der Waals surface area contributed by atoms with Gasteiger partial charge in [0, 0.05) is 44.0 Å². The maximum Gasteiger partial charge on any atom is 0.274 e. The van der Waals surface area contributed by atoms with E-state index < -0.39 is 6.10 Å². The van der Waals surface area contributed by atoms with Gasteiger partial charge in [0.1, 0.15) is 11.5 Å². The number of hydrogen-bond acceptors (Lipinski definition) is 6. The van der Waals surface area contributed by atoms with E-state index in [4.69, 9.17) is 0 Å². The lowest BCUT2D eigenvalue weighted by Gasteiger charge is -2.26. The first kappa shape index (κ1) is 17.9. The third-order valence-corrected chi connectivity index (χ3v) is 5.41. The number of carbonyl (C=O) groups excluding carboxylic acids is 1. The van der Waals surface area contributed by atoms with Crippen molar-refractivity contribution >= 4 is 11.7 Å². The highest BCUT2D eigenvalue weighted by Crippen LogP contribution is 2.25. The Kier molecular flexibility index (Phi) is 5.29. The minimum absolute atomic E-state index is 0.0474. The second-order valence-corrected chi connectivity index (χ2v) is 7.37. The van der Waals surface area contributed by atoms with Crippen molar-refractivity contribution < 1.29 is 9.90 Å². The molecule has 0 aliphatic carbocycles. The van der Waals surface area contributed by atoms with E-state index in [2.05, 4.69) is 15.0 Å². The highest BCUT2D eigenvalue weighted by molar-refractivity contribution is 5.92. The standard InChI is InChI=1S/C20H25N5O2/c26-18-14-25(13-15(18)10-16-6-2-3-7-22-16)19-12-21-11-17(23-19)20(27)24-8-4-1-5-9-24/h2-3,6-7,11-12,15,18,26H,1,4-5,8-10,13-14H2/t15-,18-/m1/s1. The first-order valence-corrected chi connectivity index (χ1v) is 9.65. The number of aliphatic hydroxyl groups excluding tert-OH is 1. The largest absolute Gasteiger partial charge is 0.391 e. The van der Waals surface area contributed by atoms with Crippen LogP contribution in [0.3, 0.4) is 0 Å². The maximum absolute atomic E-state index is 12.7. The summed E-state index contributed by atoms with van der Waals surface area (Å²) in [6, 6.07) is 5.83. The molecular weight excluding hydrogens is 342 g/mol. The number of amides is 1. The molecule has 2 aromatic rings. The van der Waals surface area contributed by atoms with Crippen LogP contribution in [0.15, 0.2) is 36.8 Å². The molecule has 1 N–H and O–H groups in total. The molecule has 2 fully saturated rings. The molecule has 2 aliphatic rings. The van der Waals surface area contributed by atoms with Gasteiger partial charge < -0.3 is 14.9 Å². The molecule has 27 heavy (non-hydrogen) atoms. The van der Waals surface area contributed by atoms with E-state index in [-0.39, 0.29) is 11.8 Å². The van der Waals surface area contributed by atoms with Gasteiger partial charge in [-0.15, -0.1) is 0 Å². The summed E-state index contributed by atoms with van der Waals surface area (Å²) in [5.74, 6) is 0.692. The quantitative estimate of drug-likeness (QED) is 0.883. The van der Waals surface area contributed by atoms with Gasteiger partial charge in [-0.1, -0.05) is 6.07 Å². The fourth-order valence-electron chi connectivity index (χ4n) is 3.90. The summed E-state index contributed by atoms with van der Waals surface area (Å²) >= 11 is 0. The van der Waals surface area contributed by atoms with Crippen molar-refractivity contribution in [1.82, 2.24) is 19.9 Å². The highest BCUT2D eigenvalue weighted by Gasteiger charge is 2.33. The van der Waals surface area contributed by atoms with Gasteiger partial charge in [-0.25, -0.2) is 4.98 Å². The van der Waals surface area contributed by atoms with Crippen LogP contribution in [0.4, 0.5) is 5.82 Å². The van der Waals surface area contributed by atoms with E-state index in [1.165, 1.54) is 12.6 Å². The average molecular weight is 367 g/mol. The van der Waals surface area contributed by atoms with Gasteiger partial charge in [-0.2, -0.15) is 0 Å². The number of hydrogen-bond donors (Lipinski definition) is 1. The zero-order valence-electron chi connectivity index (χ0n) is 15.4. The Labute approximate surface area is 159 Å². The van der Waals surface area contributed by atoms with E-state index in [0.717, 1.165) is 38.0 Å². The molecule has 2 aliphatic heterocycles. The SMILES string of the molecule is O=C(c1cncc(N2C[C@@H](Cc3ccccn3)[C@H](O)C2)n1)N1CCCCC1. The van der Waals surface area contributed by atoms with Crippen molar-refractivity contribution in [3.8, 4) is 0 Å². The van der Waals surface area contributed by atoms with E-state index in [1.54, 1.807) is 12.4 Å². The molecular formula is C20H25N5O2. The Morgan fingerprint density at radius 2 is 2.00 bits per heavy atom. The smallest absolute Gasteiger partial charge is 0.274 e. The molecule has 142 valence electrons. The van der Waals surface area contributed by atoms with Crippen molar-refractivity contribution in [1.29, 1.82) is 0 Å². The number of anilines is 1. The van der Waals surface area contributed by atoms with Gasteiger partial charge >= 0.3 is 0 Å². The van der Waals surface area contributed by atoms with E-state index in [9.17, 15) is 9.90 Å². The van der Waals surface area contributed by atoms with E-state index in [1.807, 2.05) is 28.0 Å². The zero-order chi connectivity index (χ0) is 18.6. The Hall–Kier alpha value is -2.54. The predicted octanol–water partition coefficient (Wildman–Crippen LogP) is 1.54. The molecule has 4 rings (SSSR count). The van der Waals surface area contributed by atoms with E-state index >= 15 is 0 Å². The normalized spacial score (nSPS) is 22.9. The summed E-state index contributed by atoms with van der Waals surface area (Å²) in [7, 11) is 0. The molecule has 0 saturated carbocycles. The average Bonchev–Trinajstić information content (AvgIpc) is 3.09. The second-order valence-electron chi connectivity index (χ2n) is 7.37. The Morgan fingerprint density at radius 3 is 2.78 bits per heavy atom. The van der Waals surface area contributed by atoms with Crippen LogP contribution in [0.5, 0.6) is 0 Å². The number of likely N-dealkylation sites (tertiary alicyclic amines) is 1. The molecule has 4 heterocycles. The Bertz CT molecular complexity index is 779. The first-order chi connectivity index (χ1) is 13.2. The lowest BCUT2D eigenvalue weighted by molar-refractivity contribution is 0.0718. The summed E-state index contributed by atoms with van der Waals surface area (Å²) in [4.78, 5) is 29.7. The molecule has 7 nitrogen and oxygen atoms in total. The lowest BCUT2D eigenvalue weighted by atomic mass is 10.00. The number of aromatic nitrogens is 3. The maximum atomic E-state index is 12.7. The van der Waals surface area contributed by atoms with Crippen LogP contribution in [0.25, 0.3) is 0 Å². The molecule has 0 unspecified atom stereocenters. The summed E-state index contributed by atoms with van der Waals surface area (Å²) in [5, 5.41) is 10.5. The van der Waals surface area contributed by atoms with Gasteiger partial charge in [0.25, 0.3) is 5.91 Å². The van der Waals surface area contributed by atoms with Crippen molar-refractivity contribution in [2.45, 2.75) is 31.8 Å². The molecule has 2 atom stereocenters. The number of piperidine rings is 1. The topological polar surface area (TPSA) is 82.5 Å². The summed E-state index contributed by atoms with van der Waals surface area (Å²) in [5.41, 5.74) is 1.36. The van der Waals surface area contributed by atoms with Crippen LogP contribution in [0.1, 0.15) is 35.4 Å². The molecule has 0 spiro atoms. The number of nitrogens with zero attached hydrogens (tertiary/aromatic N) is 5. The van der Waals surface area contributed by atoms with Crippen molar-refractivity contribution in [3.63, 3.8) is 0 Å². The zero-order valence-corrected chi connectivity index (χ0v) is 15.4. The van der Waals surface area contributed by atoms with Crippen molar-refractivity contribution in [2.75, 3.05) is 31.1 Å². The lowest BCUT2D eigenvalue weighted by Crippen LogP contribution is -2.36. The molecule has 0 radical (unpaired) electrons. The minimum Gasteiger partial charge on any atom is -0.391 e. The number of carbonyl (C=O) groups is 1. The van der Waals surface area contributed by atoms with Gasteiger partial charge in [0.15, 0.2) is 0 Å². The van der Waals surface area contributed by atoms with Crippen LogP contribution >= 0.6 is 0 Å². The molecule has 2 saturated heterocycles. The van der Waals surface area contributed by atoms with Crippen LogP contribution in [0, 0.1) is 5.92 Å². The number of pyridine rings is 1. The fourth-order valence-corrected chi connectivity index (χ4v) is 3.90. The Balaban J connectivity index is 1.45. The molecule has 1 amide bonds. The highest BCUT2D eigenvalue weighted by atomic mass is 16.3. The van der Waals surface area contributed by atoms with Gasteiger partial charge in [-0.05, 0) is 37.8 Å². The van der Waals surface area contributed by atoms with Gasteiger partial charge in [0.2, 0.25) is 0 Å². The number of aliphatic hydroxyl groups is 1. The molecule has 0 aromatic carbocycles. The molecule has 0 bridgehead atoms.